The molecule has 0 spiro atoms. The maximum absolute atomic E-state index is 12.4. The number of nitro benzene ring substituents is 1. The van der Waals surface area contributed by atoms with Crippen LogP contribution in [0.25, 0.3) is 0 Å². The molecule has 154 valence electrons. The summed E-state index contributed by atoms with van der Waals surface area (Å²) in [5.74, 6) is -2.94. The minimum absolute atomic E-state index is 0.0876. The number of hydrogen-bond donors (Lipinski definition) is 1. The number of carbonyl (C=O) groups excluding carboxylic acids is 4. The second kappa shape index (κ2) is 8.82. The van der Waals surface area contributed by atoms with Gasteiger partial charge in [-0.05, 0) is 34.1 Å². The molecule has 0 bridgehead atoms. The highest BCUT2D eigenvalue weighted by atomic mass is 79.9. The van der Waals surface area contributed by atoms with Crippen LogP contribution in [0.15, 0.2) is 46.9 Å². The summed E-state index contributed by atoms with van der Waals surface area (Å²) in [5, 5.41) is 13.7. The van der Waals surface area contributed by atoms with Crippen LogP contribution in [0.2, 0.25) is 0 Å². The number of rotatable bonds is 7. The molecule has 1 aliphatic rings. The van der Waals surface area contributed by atoms with Crippen molar-refractivity contribution in [3.05, 3.63) is 68.2 Å². The van der Waals surface area contributed by atoms with Crippen LogP contribution in [0.4, 0.5) is 11.4 Å². The van der Waals surface area contributed by atoms with Crippen molar-refractivity contribution in [2.24, 2.45) is 0 Å². The fourth-order valence-electron chi connectivity index (χ4n) is 2.84. The van der Waals surface area contributed by atoms with Gasteiger partial charge in [0.05, 0.1) is 22.6 Å². The minimum Gasteiger partial charge on any atom is -0.456 e. The molecule has 10 nitrogen and oxygen atoms in total. The third kappa shape index (κ3) is 4.35. The van der Waals surface area contributed by atoms with Crippen LogP contribution < -0.4 is 5.32 Å². The van der Waals surface area contributed by atoms with Crippen molar-refractivity contribution in [1.82, 2.24) is 4.90 Å². The Hall–Kier alpha value is -3.60. The number of benzene rings is 2. The SMILES string of the molecule is O=C(COC(=O)CCN1C(=O)c2cccc([N+](=O)[O-])c2C1=O)Nc1ccccc1Br. The highest BCUT2D eigenvalue weighted by molar-refractivity contribution is 9.10. The van der Waals surface area contributed by atoms with Crippen molar-refractivity contribution in [3.63, 3.8) is 0 Å². The van der Waals surface area contributed by atoms with E-state index in [1.807, 2.05) is 0 Å². The number of imide groups is 1. The number of nitrogens with zero attached hydrogens (tertiary/aromatic N) is 2. The molecule has 1 N–H and O–H groups in total. The molecular formula is C19H14BrN3O7. The third-order valence-electron chi connectivity index (χ3n) is 4.23. The van der Waals surface area contributed by atoms with Gasteiger partial charge in [-0.15, -0.1) is 0 Å². The first-order chi connectivity index (χ1) is 14.3. The van der Waals surface area contributed by atoms with E-state index in [2.05, 4.69) is 21.2 Å². The fourth-order valence-corrected chi connectivity index (χ4v) is 3.23. The van der Waals surface area contributed by atoms with E-state index in [0.29, 0.717) is 10.2 Å². The Balaban J connectivity index is 1.54. The van der Waals surface area contributed by atoms with Gasteiger partial charge in [0.1, 0.15) is 5.56 Å². The summed E-state index contributed by atoms with van der Waals surface area (Å²) >= 11 is 3.27. The van der Waals surface area contributed by atoms with Crippen LogP contribution >= 0.6 is 15.9 Å². The van der Waals surface area contributed by atoms with E-state index in [-0.39, 0.29) is 24.1 Å². The number of amides is 3. The minimum atomic E-state index is -0.846. The molecule has 3 amide bonds. The summed E-state index contributed by atoms with van der Waals surface area (Å²) in [6, 6.07) is 10.6. The molecule has 2 aromatic rings. The zero-order valence-corrected chi connectivity index (χ0v) is 16.9. The summed E-state index contributed by atoms with van der Waals surface area (Å²) in [7, 11) is 0. The molecule has 11 heteroatoms. The molecule has 3 rings (SSSR count). The molecule has 0 aliphatic carbocycles. The number of hydrogen-bond acceptors (Lipinski definition) is 7. The summed E-state index contributed by atoms with van der Waals surface area (Å²) < 4.78 is 5.52. The quantitative estimate of drug-likeness (QED) is 0.281. The van der Waals surface area contributed by atoms with Crippen LogP contribution in [-0.2, 0) is 14.3 Å². The van der Waals surface area contributed by atoms with E-state index in [9.17, 15) is 29.3 Å². The summed E-state index contributed by atoms with van der Waals surface area (Å²) in [4.78, 5) is 59.7. The number of fused-ring (bicyclic) bond motifs is 1. The van der Waals surface area contributed by atoms with Crippen molar-refractivity contribution < 1.29 is 28.8 Å². The smallest absolute Gasteiger partial charge is 0.308 e. The Morgan fingerprint density at radius 1 is 1.10 bits per heavy atom. The highest BCUT2D eigenvalue weighted by Crippen LogP contribution is 2.30. The Morgan fingerprint density at radius 2 is 1.83 bits per heavy atom. The first kappa shape index (κ1) is 21.1. The number of nitro groups is 1. The predicted octanol–water partition coefficient (Wildman–Crippen LogP) is 2.53. The summed E-state index contributed by atoms with van der Waals surface area (Å²) in [6.45, 7) is -0.873. The largest absolute Gasteiger partial charge is 0.456 e. The van der Waals surface area contributed by atoms with Crippen molar-refractivity contribution in [1.29, 1.82) is 0 Å². The normalized spacial score (nSPS) is 12.5. The first-order valence-electron chi connectivity index (χ1n) is 8.63. The highest BCUT2D eigenvalue weighted by Gasteiger charge is 2.40. The molecule has 0 unspecified atom stereocenters. The zero-order valence-electron chi connectivity index (χ0n) is 15.3. The van der Waals surface area contributed by atoms with Crippen LogP contribution in [-0.4, -0.2) is 46.7 Å². The van der Waals surface area contributed by atoms with E-state index in [4.69, 9.17) is 4.74 Å². The second-order valence-electron chi connectivity index (χ2n) is 6.16. The van der Waals surface area contributed by atoms with Crippen LogP contribution in [0, 0.1) is 10.1 Å². The average molecular weight is 476 g/mol. The average Bonchev–Trinajstić information content (AvgIpc) is 2.96. The van der Waals surface area contributed by atoms with Gasteiger partial charge in [-0.2, -0.15) is 0 Å². The molecule has 0 fully saturated rings. The maximum atomic E-state index is 12.4. The summed E-state index contributed by atoms with van der Waals surface area (Å²) in [6.07, 6.45) is -0.360. The van der Waals surface area contributed by atoms with E-state index in [1.165, 1.54) is 12.1 Å². The van der Waals surface area contributed by atoms with Gasteiger partial charge in [0, 0.05) is 17.1 Å². The molecule has 1 heterocycles. The molecule has 1 aliphatic heterocycles. The number of halogens is 1. The molecule has 0 radical (unpaired) electrons. The number of esters is 1. The molecule has 2 aromatic carbocycles. The van der Waals surface area contributed by atoms with Gasteiger partial charge in [-0.1, -0.05) is 18.2 Å². The number of anilines is 1. The lowest BCUT2D eigenvalue weighted by Crippen LogP contribution is -2.32. The number of ether oxygens (including phenoxy) is 1. The number of carbonyl (C=O) groups is 4. The van der Waals surface area contributed by atoms with Gasteiger partial charge in [-0.25, -0.2) is 0 Å². The summed E-state index contributed by atoms with van der Waals surface area (Å²) in [5.41, 5.74) is -0.352. The van der Waals surface area contributed by atoms with Gasteiger partial charge in [0.25, 0.3) is 23.4 Å². The molecule has 30 heavy (non-hydrogen) atoms. The topological polar surface area (TPSA) is 136 Å². The van der Waals surface area contributed by atoms with Crippen molar-refractivity contribution >= 4 is 51.0 Å². The zero-order chi connectivity index (χ0) is 21.8. The van der Waals surface area contributed by atoms with Gasteiger partial charge in [0.2, 0.25) is 0 Å². The van der Waals surface area contributed by atoms with Crippen LogP contribution in [0.3, 0.4) is 0 Å². The molecule has 0 saturated carbocycles. The van der Waals surface area contributed by atoms with Crippen LogP contribution in [0.1, 0.15) is 27.1 Å². The van der Waals surface area contributed by atoms with Gasteiger partial charge >= 0.3 is 5.97 Å². The Labute approximate surface area is 178 Å². The van der Waals surface area contributed by atoms with Crippen molar-refractivity contribution in [3.8, 4) is 0 Å². The molecular weight excluding hydrogens is 462 g/mol. The van der Waals surface area contributed by atoms with Gasteiger partial charge in [-0.3, -0.25) is 34.2 Å². The van der Waals surface area contributed by atoms with Gasteiger partial charge < -0.3 is 10.1 Å². The van der Waals surface area contributed by atoms with E-state index < -0.39 is 40.9 Å². The standard InChI is InChI=1S/C19H14BrN3O7/c20-12-5-1-2-6-13(12)21-15(24)10-30-16(25)8-9-22-18(26)11-4-3-7-14(23(28)29)17(11)19(22)27/h1-7H,8-10H2,(H,21,24). The van der Waals surface area contributed by atoms with Crippen LogP contribution in [0.5, 0.6) is 0 Å². The Morgan fingerprint density at radius 3 is 2.53 bits per heavy atom. The Bertz CT molecular complexity index is 1070. The third-order valence-corrected chi connectivity index (χ3v) is 4.92. The first-order valence-corrected chi connectivity index (χ1v) is 9.42. The van der Waals surface area contributed by atoms with Crippen molar-refractivity contribution in [2.75, 3.05) is 18.5 Å². The molecule has 0 aromatic heterocycles. The van der Waals surface area contributed by atoms with Crippen molar-refractivity contribution in [2.45, 2.75) is 6.42 Å². The Kier molecular flexibility index (Phi) is 6.21. The number of nitrogens with one attached hydrogen (secondary N) is 1. The number of para-hydroxylation sites is 1. The fraction of sp³-hybridized carbons (Fsp3) is 0.158. The van der Waals surface area contributed by atoms with E-state index in [1.54, 1.807) is 24.3 Å². The van der Waals surface area contributed by atoms with E-state index >= 15 is 0 Å². The molecule has 0 atom stereocenters. The lowest BCUT2D eigenvalue weighted by Gasteiger charge is -2.13. The van der Waals surface area contributed by atoms with E-state index in [0.717, 1.165) is 11.0 Å². The van der Waals surface area contributed by atoms with Gasteiger partial charge in [0.15, 0.2) is 6.61 Å². The monoisotopic (exact) mass is 475 g/mol. The molecule has 0 saturated heterocycles. The second-order valence-corrected chi connectivity index (χ2v) is 7.01. The predicted molar refractivity (Wildman–Crippen MR) is 107 cm³/mol. The maximum Gasteiger partial charge on any atom is 0.308 e. The lowest BCUT2D eigenvalue weighted by molar-refractivity contribution is -0.385. The lowest BCUT2D eigenvalue weighted by atomic mass is 10.1.